The van der Waals surface area contributed by atoms with E-state index in [1.807, 2.05) is 24.3 Å². The lowest BCUT2D eigenvalue weighted by Gasteiger charge is -2.20. The quantitative estimate of drug-likeness (QED) is 0.184. The van der Waals surface area contributed by atoms with E-state index >= 15 is 0 Å². The number of amides is 2. The number of benzene rings is 4. The monoisotopic (exact) mass is 637 g/mol. The van der Waals surface area contributed by atoms with Crippen LogP contribution in [0.5, 0.6) is 11.5 Å². The minimum absolute atomic E-state index is 0.00473. The Balaban J connectivity index is 1.16. The first-order chi connectivity index (χ1) is 20.9. The summed E-state index contributed by atoms with van der Waals surface area (Å²) in [6.07, 6.45) is 0. The van der Waals surface area contributed by atoms with E-state index in [-0.39, 0.29) is 47.5 Å². The summed E-state index contributed by atoms with van der Waals surface area (Å²) in [6.45, 7) is 7.33. The van der Waals surface area contributed by atoms with Gasteiger partial charge in [0.2, 0.25) is 0 Å². The maximum absolute atomic E-state index is 14.8. The lowest BCUT2D eigenvalue weighted by Crippen LogP contribution is -2.30. The third-order valence-electron chi connectivity index (χ3n) is 7.12. The molecule has 0 saturated carbocycles. The predicted octanol–water partition coefficient (Wildman–Crippen LogP) is 7.58. The number of carbonyl (C=O) groups is 1. The normalized spacial score (nSPS) is 12.9. The Labute approximate surface area is 261 Å². The van der Waals surface area contributed by atoms with Crippen LogP contribution in [0.4, 0.5) is 20.6 Å². The number of sulfonamides is 1. The number of rotatable bonds is 9. The molecule has 2 N–H and O–H groups in total. The molecular formula is C33H33ClFN3O5S. The summed E-state index contributed by atoms with van der Waals surface area (Å²) in [5, 5.41) is 3.50. The van der Waals surface area contributed by atoms with Gasteiger partial charge in [0, 0.05) is 29.9 Å². The molecule has 0 saturated heterocycles. The van der Waals surface area contributed by atoms with Gasteiger partial charge in [0.25, 0.3) is 10.0 Å². The summed E-state index contributed by atoms with van der Waals surface area (Å²) >= 11 is 5.86. The van der Waals surface area contributed by atoms with Crippen molar-refractivity contribution in [2.75, 3.05) is 23.3 Å². The van der Waals surface area contributed by atoms with Gasteiger partial charge in [-0.1, -0.05) is 50.6 Å². The number of nitrogens with zero attached hydrogens (tertiary/aromatic N) is 1. The van der Waals surface area contributed by atoms with Gasteiger partial charge in [0.1, 0.15) is 24.7 Å². The minimum atomic E-state index is -4.11. The zero-order valence-electron chi connectivity index (χ0n) is 24.6. The largest absolute Gasteiger partial charge is 0.490 e. The molecule has 0 aromatic heterocycles. The molecule has 4 aromatic rings. The predicted molar refractivity (Wildman–Crippen MR) is 170 cm³/mol. The fourth-order valence-corrected chi connectivity index (χ4v) is 5.90. The number of fused-ring (bicyclic) bond motifs is 1. The zero-order valence-corrected chi connectivity index (χ0v) is 26.1. The first-order valence-corrected chi connectivity index (χ1v) is 15.9. The summed E-state index contributed by atoms with van der Waals surface area (Å²) in [5.74, 6) is 0.0637. The Kier molecular flexibility index (Phi) is 9.03. The Morgan fingerprint density at radius 1 is 0.864 bits per heavy atom. The lowest BCUT2D eigenvalue weighted by atomic mass is 9.87. The highest BCUT2D eigenvalue weighted by Gasteiger charge is 2.26. The molecule has 0 radical (unpaired) electrons. The van der Waals surface area contributed by atoms with E-state index in [1.165, 1.54) is 24.3 Å². The van der Waals surface area contributed by atoms with E-state index in [1.54, 1.807) is 35.2 Å². The average molecular weight is 638 g/mol. The second kappa shape index (κ2) is 12.8. The van der Waals surface area contributed by atoms with E-state index in [0.29, 0.717) is 28.6 Å². The molecule has 0 aliphatic carbocycles. The molecule has 0 bridgehead atoms. The summed E-state index contributed by atoms with van der Waals surface area (Å²) in [5.41, 5.74) is 3.17. The van der Waals surface area contributed by atoms with Crippen molar-refractivity contribution in [1.29, 1.82) is 0 Å². The lowest BCUT2D eigenvalue weighted by molar-refractivity contribution is 0.212. The van der Waals surface area contributed by atoms with Gasteiger partial charge in [0.15, 0.2) is 5.82 Å². The zero-order chi connectivity index (χ0) is 31.5. The maximum Gasteiger partial charge on any atom is 0.322 e. The van der Waals surface area contributed by atoms with Crippen LogP contribution in [0.25, 0.3) is 0 Å². The van der Waals surface area contributed by atoms with Crippen LogP contribution in [0.1, 0.15) is 37.5 Å². The van der Waals surface area contributed by atoms with Crippen LogP contribution in [-0.4, -0.2) is 32.6 Å². The van der Waals surface area contributed by atoms with Crippen LogP contribution < -0.4 is 19.5 Å². The maximum atomic E-state index is 14.8. The van der Waals surface area contributed by atoms with Crippen molar-refractivity contribution in [1.82, 2.24) is 4.90 Å². The Bertz CT molecular complexity index is 1760. The molecule has 0 spiro atoms. The smallest absolute Gasteiger partial charge is 0.322 e. The molecule has 2 amide bonds. The van der Waals surface area contributed by atoms with Gasteiger partial charge >= 0.3 is 6.03 Å². The molecule has 1 heterocycles. The van der Waals surface area contributed by atoms with E-state index in [4.69, 9.17) is 21.1 Å². The summed E-state index contributed by atoms with van der Waals surface area (Å²) in [4.78, 5) is 14.5. The minimum Gasteiger partial charge on any atom is -0.490 e. The fourth-order valence-electron chi connectivity index (χ4n) is 4.66. The molecule has 1 aliphatic rings. The topological polar surface area (TPSA) is 97.0 Å². The van der Waals surface area contributed by atoms with Crippen LogP contribution in [-0.2, 0) is 28.5 Å². The van der Waals surface area contributed by atoms with Crippen LogP contribution >= 0.6 is 11.6 Å². The Morgan fingerprint density at radius 3 is 2.16 bits per heavy atom. The van der Waals surface area contributed by atoms with E-state index in [2.05, 4.69) is 30.8 Å². The van der Waals surface area contributed by atoms with Gasteiger partial charge in [0.05, 0.1) is 10.6 Å². The number of nitrogens with one attached hydrogen (secondary N) is 2. The number of urea groups is 1. The molecule has 44 heavy (non-hydrogen) atoms. The highest BCUT2D eigenvalue weighted by Crippen LogP contribution is 2.29. The molecule has 8 nitrogen and oxygen atoms in total. The number of halogens is 2. The molecule has 0 fully saturated rings. The number of anilines is 2. The first-order valence-electron chi connectivity index (χ1n) is 14.0. The fraction of sp³-hybridized carbons (Fsp3) is 0.242. The Morgan fingerprint density at radius 2 is 1.50 bits per heavy atom. The third kappa shape index (κ3) is 7.62. The number of carbonyl (C=O) groups excluding carboxylic acids is 1. The van der Waals surface area contributed by atoms with Crippen LogP contribution in [0.2, 0.25) is 5.02 Å². The second-order valence-corrected chi connectivity index (χ2v) is 13.6. The number of ether oxygens (including phenoxy) is 2. The SMILES string of the molecule is CC(C)(C)c1ccc(NC(=O)N2Cc3ccc(S(=O)(=O)Nc4ccc(OCCOc5ccc(Cl)cc5)cc4F)cc3C2)cc1. The van der Waals surface area contributed by atoms with E-state index in [0.717, 1.165) is 17.2 Å². The summed E-state index contributed by atoms with van der Waals surface area (Å²) in [6, 6.07) is 22.8. The van der Waals surface area contributed by atoms with Crippen molar-refractivity contribution >= 4 is 39.0 Å². The van der Waals surface area contributed by atoms with Crippen molar-refractivity contribution in [2.45, 2.75) is 44.2 Å². The number of hydrogen-bond acceptors (Lipinski definition) is 5. The number of hydrogen-bond donors (Lipinski definition) is 2. The van der Waals surface area contributed by atoms with Crippen molar-refractivity contribution in [3.05, 3.63) is 112 Å². The van der Waals surface area contributed by atoms with Crippen LogP contribution in [0.15, 0.2) is 89.8 Å². The van der Waals surface area contributed by atoms with Crippen molar-refractivity contribution in [3.8, 4) is 11.5 Å². The molecular weight excluding hydrogens is 605 g/mol. The van der Waals surface area contributed by atoms with Gasteiger partial charge in [-0.3, -0.25) is 4.72 Å². The standard InChI is InChI=1S/C33H33ClFN3O5S/c1-33(2,3)24-5-9-26(10-6-24)36-32(39)38-20-22-4-14-29(18-23(22)21-38)44(40,41)37-31-15-13-28(19-30(31)35)43-17-16-42-27-11-7-25(34)8-12-27/h4-15,18-19,37H,16-17,20-21H2,1-3H3,(H,36,39). The van der Waals surface area contributed by atoms with E-state index in [9.17, 15) is 17.6 Å². The van der Waals surface area contributed by atoms with Gasteiger partial charge in [-0.25, -0.2) is 17.6 Å². The molecule has 0 unspecified atom stereocenters. The van der Waals surface area contributed by atoms with Crippen molar-refractivity contribution in [3.63, 3.8) is 0 Å². The van der Waals surface area contributed by atoms with Crippen LogP contribution in [0.3, 0.4) is 0 Å². The van der Waals surface area contributed by atoms with Crippen molar-refractivity contribution < 1.29 is 27.1 Å². The van der Waals surface area contributed by atoms with Crippen LogP contribution in [0, 0.1) is 5.82 Å². The second-order valence-electron chi connectivity index (χ2n) is 11.4. The molecule has 230 valence electrons. The van der Waals surface area contributed by atoms with Gasteiger partial charge < -0.3 is 19.7 Å². The molecule has 0 atom stereocenters. The Hall–Kier alpha value is -4.28. The highest BCUT2D eigenvalue weighted by molar-refractivity contribution is 7.92. The highest BCUT2D eigenvalue weighted by atomic mass is 35.5. The molecule has 5 rings (SSSR count). The molecule has 11 heteroatoms. The summed E-state index contributed by atoms with van der Waals surface area (Å²) in [7, 11) is -4.11. The van der Waals surface area contributed by atoms with Gasteiger partial charge in [-0.2, -0.15) is 0 Å². The van der Waals surface area contributed by atoms with E-state index < -0.39 is 15.8 Å². The van der Waals surface area contributed by atoms with Gasteiger partial charge in [-0.15, -0.1) is 0 Å². The third-order valence-corrected chi connectivity index (χ3v) is 8.73. The first kappa shape index (κ1) is 31.2. The molecule has 4 aromatic carbocycles. The summed E-state index contributed by atoms with van der Waals surface area (Å²) < 4.78 is 54.5. The molecule has 1 aliphatic heterocycles. The van der Waals surface area contributed by atoms with Gasteiger partial charge in [-0.05, 0) is 82.8 Å². The average Bonchev–Trinajstić information content (AvgIpc) is 3.41. The van der Waals surface area contributed by atoms with Crippen molar-refractivity contribution in [2.24, 2.45) is 0 Å².